The number of rotatable bonds is 6. The highest BCUT2D eigenvalue weighted by molar-refractivity contribution is 5.96. The second kappa shape index (κ2) is 7.57. The number of hydrogen-bond acceptors (Lipinski definition) is 4. The number of amides is 1. The molecule has 3 saturated heterocycles. The SMILES string of the molecule is COCCCn1c(C)cc(C(=O)N2CC3(CC(N4CCCC4)CO3)C2)c1C. The first kappa shape index (κ1) is 19.0. The molecular formula is C21H33N3O3. The summed E-state index contributed by atoms with van der Waals surface area (Å²) in [5, 5.41) is 0. The highest BCUT2D eigenvalue weighted by atomic mass is 16.5. The summed E-state index contributed by atoms with van der Waals surface area (Å²) in [6.45, 7) is 10.5. The van der Waals surface area contributed by atoms with Crippen LogP contribution in [0.1, 0.15) is 47.4 Å². The third-order valence-corrected chi connectivity index (χ3v) is 6.63. The van der Waals surface area contributed by atoms with E-state index >= 15 is 0 Å². The number of hydrogen-bond donors (Lipinski definition) is 0. The first-order valence-electron chi connectivity index (χ1n) is 10.4. The normalized spacial score (nSPS) is 24.7. The number of ether oxygens (including phenoxy) is 2. The molecular weight excluding hydrogens is 342 g/mol. The van der Waals surface area contributed by atoms with Crippen LogP contribution in [-0.2, 0) is 16.0 Å². The van der Waals surface area contributed by atoms with Crippen molar-refractivity contribution in [3.63, 3.8) is 0 Å². The Hall–Kier alpha value is -1.37. The van der Waals surface area contributed by atoms with Gasteiger partial charge < -0.3 is 18.9 Å². The van der Waals surface area contributed by atoms with Crippen molar-refractivity contribution in [1.29, 1.82) is 0 Å². The van der Waals surface area contributed by atoms with Gasteiger partial charge >= 0.3 is 0 Å². The maximum Gasteiger partial charge on any atom is 0.255 e. The van der Waals surface area contributed by atoms with Crippen molar-refractivity contribution >= 4 is 5.91 Å². The van der Waals surface area contributed by atoms with Gasteiger partial charge in [-0.2, -0.15) is 0 Å². The number of aromatic nitrogens is 1. The van der Waals surface area contributed by atoms with Crippen molar-refractivity contribution in [3.8, 4) is 0 Å². The van der Waals surface area contributed by atoms with E-state index in [0.29, 0.717) is 6.04 Å². The number of methoxy groups -OCH3 is 1. The molecule has 0 bridgehead atoms. The molecule has 1 aromatic heterocycles. The monoisotopic (exact) mass is 375 g/mol. The molecule has 3 aliphatic rings. The Bertz CT molecular complexity index is 687. The minimum Gasteiger partial charge on any atom is -0.385 e. The van der Waals surface area contributed by atoms with Crippen LogP contribution >= 0.6 is 0 Å². The average molecular weight is 376 g/mol. The Balaban J connectivity index is 1.36. The molecule has 150 valence electrons. The molecule has 0 aromatic carbocycles. The quantitative estimate of drug-likeness (QED) is 0.716. The Morgan fingerprint density at radius 2 is 2.04 bits per heavy atom. The summed E-state index contributed by atoms with van der Waals surface area (Å²) in [5.74, 6) is 0.153. The average Bonchev–Trinajstić information content (AvgIpc) is 3.34. The molecule has 0 N–H and O–H groups in total. The number of nitrogens with zero attached hydrogens (tertiary/aromatic N) is 3. The van der Waals surface area contributed by atoms with Gasteiger partial charge in [-0.3, -0.25) is 9.69 Å². The number of likely N-dealkylation sites (tertiary alicyclic amines) is 2. The van der Waals surface area contributed by atoms with E-state index in [0.717, 1.165) is 62.6 Å². The molecule has 4 heterocycles. The molecule has 0 radical (unpaired) electrons. The van der Waals surface area contributed by atoms with Crippen LogP contribution in [0.4, 0.5) is 0 Å². The maximum atomic E-state index is 13.0. The van der Waals surface area contributed by atoms with Crippen molar-refractivity contribution in [2.75, 3.05) is 46.5 Å². The minimum absolute atomic E-state index is 0.0904. The van der Waals surface area contributed by atoms with Crippen LogP contribution in [0, 0.1) is 13.8 Å². The Morgan fingerprint density at radius 3 is 2.74 bits per heavy atom. The van der Waals surface area contributed by atoms with Crippen LogP contribution in [0.2, 0.25) is 0 Å². The van der Waals surface area contributed by atoms with Gasteiger partial charge in [-0.25, -0.2) is 0 Å². The molecule has 1 aromatic rings. The summed E-state index contributed by atoms with van der Waals surface area (Å²) < 4.78 is 13.6. The van der Waals surface area contributed by atoms with Gasteiger partial charge in [-0.15, -0.1) is 0 Å². The number of carbonyl (C=O) groups excluding carboxylic acids is 1. The summed E-state index contributed by atoms with van der Waals surface area (Å²) in [6.07, 6.45) is 4.66. The lowest BCUT2D eigenvalue weighted by molar-refractivity contribution is -0.0950. The van der Waals surface area contributed by atoms with Gasteiger partial charge in [0, 0.05) is 37.7 Å². The van der Waals surface area contributed by atoms with Crippen LogP contribution in [0.15, 0.2) is 6.07 Å². The zero-order valence-electron chi connectivity index (χ0n) is 17.0. The van der Waals surface area contributed by atoms with E-state index in [9.17, 15) is 4.79 Å². The van der Waals surface area contributed by atoms with Crippen molar-refractivity contribution in [2.45, 2.75) is 57.7 Å². The largest absolute Gasteiger partial charge is 0.385 e. The smallest absolute Gasteiger partial charge is 0.255 e. The predicted molar refractivity (Wildman–Crippen MR) is 104 cm³/mol. The van der Waals surface area contributed by atoms with Crippen LogP contribution in [-0.4, -0.2) is 78.4 Å². The summed E-state index contributed by atoms with van der Waals surface area (Å²) in [4.78, 5) is 17.6. The molecule has 3 fully saturated rings. The third-order valence-electron chi connectivity index (χ3n) is 6.63. The Morgan fingerprint density at radius 1 is 1.30 bits per heavy atom. The van der Waals surface area contributed by atoms with E-state index in [1.54, 1.807) is 7.11 Å². The first-order valence-corrected chi connectivity index (χ1v) is 10.4. The summed E-state index contributed by atoms with van der Waals surface area (Å²) >= 11 is 0. The number of carbonyl (C=O) groups is 1. The first-order chi connectivity index (χ1) is 13.0. The lowest BCUT2D eigenvalue weighted by Crippen LogP contribution is -2.63. The molecule has 4 rings (SSSR count). The van der Waals surface area contributed by atoms with Gasteiger partial charge in [0.05, 0.1) is 25.3 Å². The molecule has 1 atom stereocenters. The van der Waals surface area contributed by atoms with Crippen molar-refractivity contribution in [2.24, 2.45) is 0 Å². The zero-order chi connectivity index (χ0) is 19.0. The van der Waals surface area contributed by atoms with Gasteiger partial charge in [0.15, 0.2) is 0 Å². The standard InChI is InChI=1S/C21H33N3O3/c1-16-11-19(17(2)24(16)9-6-10-26-3)20(25)23-14-21(15-23)12-18(13-27-21)22-7-4-5-8-22/h11,18H,4-10,12-15H2,1-3H3. The summed E-state index contributed by atoms with van der Waals surface area (Å²) in [6, 6.07) is 2.59. The van der Waals surface area contributed by atoms with Gasteiger partial charge in [-0.05, 0) is 58.7 Å². The second-order valence-electron chi connectivity index (χ2n) is 8.54. The lowest BCUT2D eigenvalue weighted by atomic mass is 9.88. The maximum absolute atomic E-state index is 13.0. The fourth-order valence-corrected chi connectivity index (χ4v) is 5.07. The molecule has 0 aliphatic carbocycles. The topological polar surface area (TPSA) is 46.9 Å². The highest BCUT2D eigenvalue weighted by Crippen LogP contribution is 2.38. The van der Waals surface area contributed by atoms with Gasteiger partial charge in [-0.1, -0.05) is 0 Å². The molecule has 6 nitrogen and oxygen atoms in total. The highest BCUT2D eigenvalue weighted by Gasteiger charge is 2.52. The van der Waals surface area contributed by atoms with Gasteiger partial charge in [0.1, 0.15) is 5.60 Å². The van der Waals surface area contributed by atoms with Crippen LogP contribution < -0.4 is 0 Å². The van der Waals surface area contributed by atoms with E-state index in [4.69, 9.17) is 9.47 Å². The molecule has 1 amide bonds. The number of aryl methyl sites for hydroxylation is 1. The van der Waals surface area contributed by atoms with E-state index in [1.807, 2.05) is 11.0 Å². The fourth-order valence-electron chi connectivity index (χ4n) is 5.07. The summed E-state index contributed by atoms with van der Waals surface area (Å²) in [7, 11) is 1.73. The van der Waals surface area contributed by atoms with Crippen molar-refractivity contribution in [3.05, 3.63) is 23.0 Å². The van der Waals surface area contributed by atoms with Crippen LogP contribution in [0.3, 0.4) is 0 Å². The van der Waals surface area contributed by atoms with Crippen LogP contribution in [0.5, 0.6) is 0 Å². The molecule has 1 unspecified atom stereocenters. The van der Waals surface area contributed by atoms with E-state index in [1.165, 1.54) is 25.9 Å². The Labute approximate surface area is 162 Å². The van der Waals surface area contributed by atoms with Crippen molar-refractivity contribution < 1.29 is 14.3 Å². The molecule has 27 heavy (non-hydrogen) atoms. The zero-order valence-corrected chi connectivity index (χ0v) is 17.0. The predicted octanol–water partition coefficient (Wildman–Crippen LogP) is 2.22. The molecule has 6 heteroatoms. The molecule has 1 spiro atoms. The van der Waals surface area contributed by atoms with Gasteiger partial charge in [0.2, 0.25) is 0 Å². The van der Waals surface area contributed by atoms with Gasteiger partial charge in [0.25, 0.3) is 5.91 Å². The lowest BCUT2D eigenvalue weighted by Gasteiger charge is -2.47. The van der Waals surface area contributed by atoms with Crippen LogP contribution in [0.25, 0.3) is 0 Å². The minimum atomic E-state index is -0.0904. The third kappa shape index (κ3) is 3.55. The second-order valence-corrected chi connectivity index (χ2v) is 8.54. The molecule has 3 aliphatic heterocycles. The fraction of sp³-hybridized carbons (Fsp3) is 0.762. The summed E-state index contributed by atoms with van der Waals surface area (Å²) in [5.41, 5.74) is 2.96. The Kier molecular flexibility index (Phi) is 5.32. The van der Waals surface area contributed by atoms with Crippen molar-refractivity contribution in [1.82, 2.24) is 14.4 Å². The van der Waals surface area contributed by atoms with E-state index in [-0.39, 0.29) is 11.5 Å². The molecule has 0 saturated carbocycles. The van der Waals surface area contributed by atoms with E-state index < -0.39 is 0 Å². The van der Waals surface area contributed by atoms with E-state index in [2.05, 4.69) is 23.3 Å².